The van der Waals surface area contributed by atoms with Crippen LogP contribution in [-0.2, 0) is 4.79 Å². The maximum absolute atomic E-state index is 10.8. The fourth-order valence-corrected chi connectivity index (χ4v) is 2.03. The number of hydrogen-bond acceptors (Lipinski definition) is 3. The van der Waals surface area contributed by atoms with Crippen molar-refractivity contribution in [3.63, 3.8) is 0 Å². The molecule has 0 aromatic heterocycles. The van der Waals surface area contributed by atoms with Crippen LogP contribution in [0.25, 0.3) is 0 Å². The van der Waals surface area contributed by atoms with Crippen LogP contribution in [0, 0.1) is 5.92 Å². The van der Waals surface area contributed by atoms with E-state index in [1.807, 2.05) is 0 Å². The second-order valence-corrected chi connectivity index (χ2v) is 4.50. The number of carbonyl (C=O) groups is 1. The first kappa shape index (κ1) is 12.5. The smallest absolute Gasteiger partial charge is 0.216 e. The Bertz CT molecular complexity index is 200. The molecule has 1 rings (SSSR count). The van der Waals surface area contributed by atoms with Gasteiger partial charge in [-0.2, -0.15) is 0 Å². The van der Waals surface area contributed by atoms with E-state index in [1.165, 1.54) is 12.8 Å². The van der Waals surface area contributed by atoms with Crippen LogP contribution in [0.15, 0.2) is 0 Å². The molecule has 1 unspecified atom stereocenters. The van der Waals surface area contributed by atoms with E-state index in [9.17, 15) is 4.79 Å². The molecule has 1 saturated heterocycles. The molecule has 0 bridgehead atoms. The van der Waals surface area contributed by atoms with Crippen LogP contribution >= 0.6 is 0 Å². The van der Waals surface area contributed by atoms with Gasteiger partial charge in [0, 0.05) is 26.1 Å². The Morgan fingerprint density at radius 2 is 2.13 bits per heavy atom. The average molecular weight is 213 g/mol. The SMILES string of the molecule is CC(=O)NCC1CCN(C(C)CN)CC1. The predicted octanol–water partition coefficient (Wildman–Crippen LogP) is 0.182. The highest BCUT2D eigenvalue weighted by Gasteiger charge is 2.21. The molecule has 0 spiro atoms. The van der Waals surface area contributed by atoms with Gasteiger partial charge in [0.15, 0.2) is 0 Å². The third kappa shape index (κ3) is 4.18. The van der Waals surface area contributed by atoms with Crippen LogP contribution in [0.5, 0.6) is 0 Å². The summed E-state index contributed by atoms with van der Waals surface area (Å²) >= 11 is 0. The molecule has 88 valence electrons. The first-order chi connectivity index (χ1) is 7.13. The molecule has 0 radical (unpaired) electrons. The van der Waals surface area contributed by atoms with Gasteiger partial charge in [-0.1, -0.05) is 0 Å². The van der Waals surface area contributed by atoms with Gasteiger partial charge in [-0.15, -0.1) is 0 Å². The zero-order chi connectivity index (χ0) is 11.3. The zero-order valence-corrected chi connectivity index (χ0v) is 9.83. The number of rotatable bonds is 4. The van der Waals surface area contributed by atoms with Gasteiger partial charge in [0.1, 0.15) is 0 Å². The molecule has 4 nitrogen and oxygen atoms in total. The summed E-state index contributed by atoms with van der Waals surface area (Å²) in [7, 11) is 0. The summed E-state index contributed by atoms with van der Waals surface area (Å²) in [6.07, 6.45) is 2.34. The van der Waals surface area contributed by atoms with E-state index in [0.717, 1.165) is 26.2 Å². The lowest BCUT2D eigenvalue weighted by Gasteiger charge is -2.35. The van der Waals surface area contributed by atoms with Gasteiger partial charge >= 0.3 is 0 Å². The quantitative estimate of drug-likeness (QED) is 0.700. The highest BCUT2D eigenvalue weighted by molar-refractivity contribution is 5.72. The third-order valence-corrected chi connectivity index (χ3v) is 3.25. The van der Waals surface area contributed by atoms with Crippen molar-refractivity contribution in [1.29, 1.82) is 0 Å². The van der Waals surface area contributed by atoms with Gasteiger partial charge in [-0.3, -0.25) is 9.69 Å². The third-order valence-electron chi connectivity index (χ3n) is 3.25. The molecule has 3 N–H and O–H groups in total. The van der Waals surface area contributed by atoms with Gasteiger partial charge in [0.25, 0.3) is 0 Å². The molecule has 0 aliphatic carbocycles. The first-order valence-corrected chi connectivity index (χ1v) is 5.82. The van der Waals surface area contributed by atoms with E-state index >= 15 is 0 Å². The Morgan fingerprint density at radius 3 is 2.60 bits per heavy atom. The Morgan fingerprint density at radius 1 is 1.53 bits per heavy atom. The highest BCUT2D eigenvalue weighted by Crippen LogP contribution is 2.17. The largest absolute Gasteiger partial charge is 0.356 e. The van der Waals surface area contributed by atoms with Gasteiger partial charge in [-0.25, -0.2) is 0 Å². The Hall–Kier alpha value is -0.610. The summed E-state index contributed by atoms with van der Waals surface area (Å²) in [6, 6.07) is 0.492. The zero-order valence-electron chi connectivity index (χ0n) is 9.83. The van der Waals surface area contributed by atoms with Crippen LogP contribution in [-0.4, -0.2) is 43.0 Å². The number of likely N-dealkylation sites (tertiary alicyclic amines) is 1. The van der Waals surface area contributed by atoms with E-state index in [1.54, 1.807) is 6.92 Å². The molecule has 0 aromatic rings. The van der Waals surface area contributed by atoms with E-state index in [-0.39, 0.29) is 5.91 Å². The van der Waals surface area contributed by atoms with Crippen molar-refractivity contribution < 1.29 is 4.79 Å². The van der Waals surface area contributed by atoms with Crippen LogP contribution in [0.2, 0.25) is 0 Å². The minimum absolute atomic E-state index is 0.0766. The number of carbonyl (C=O) groups excluding carboxylic acids is 1. The van der Waals surface area contributed by atoms with E-state index < -0.39 is 0 Å². The molecule has 1 aliphatic rings. The topological polar surface area (TPSA) is 58.4 Å². The molecule has 1 atom stereocenters. The number of nitrogens with two attached hydrogens (primary N) is 1. The Labute approximate surface area is 92.2 Å². The normalized spacial score (nSPS) is 21.3. The summed E-state index contributed by atoms with van der Waals surface area (Å²) < 4.78 is 0. The Kier molecular flexibility index (Phi) is 5.05. The molecule has 0 saturated carbocycles. The first-order valence-electron chi connectivity index (χ1n) is 5.82. The van der Waals surface area contributed by atoms with Gasteiger partial charge in [0.2, 0.25) is 5.91 Å². The van der Waals surface area contributed by atoms with E-state index in [2.05, 4.69) is 17.1 Å². The van der Waals surface area contributed by atoms with Crippen LogP contribution in [0.1, 0.15) is 26.7 Å². The highest BCUT2D eigenvalue weighted by atomic mass is 16.1. The number of hydrogen-bond donors (Lipinski definition) is 2. The summed E-state index contributed by atoms with van der Waals surface area (Å²) in [5.41, 5.74) is 5.64. The van der Waals surface area contributed by atoms with Crippen LogP contribution in [0.3, 0.4) is 0 Å². The maximum atomic E-state index is 10.8. The summed E-state index contributed by atoms with van der Waals surface area (Å²) in [4.78, 5) is 13.2. The van der Waals surface area contributed by atoms with Gasteiger partial charge in [-0.05, 0) is 38.8 Å². The molecule has 1 amide bonds. The summed E-state index contributed by atoms with van der Waals surface area (Å²) in [6.45, 7) is 7.54. The molecule has 4 heteroatoms. The molecule has 0 aromatic carbocycles. The summed E-state index contributed by atoms with van der Waals surface area (Å²) in [5.74, 6) is 0.725. The summed E-state index contributed by atoms with van der Waals surface area (Å²) in [5, 5.41) is 2.89. The van der Waals surface area contributed by atoms with Crippen molar-refractivity contribution in [1.82, 2.24) is 10.2 Å². The lowest BCUT2D eigenvalue weighted by atomic mass is 9.96. The van der Waals surface area contributed by atoms with E-state index in [0.29, 0.717) is 12.0 Å². The second-order valence-electron chi connectivity index (χ2n) is 4.50. The van der Waals surface area contributed by atoms with Crippen molar-refractivity contribution in [2.24, 2.45) is 11.7 Å². The van der Waals surface area contributed by atoms with Crippen LogP contribution in [0.4, 0.5) is 0 Å². The fourth-order valence-electron chi connectivity index (χ4n) is 2.03. The van der Waals surface area contributed by atoms with Crippen molar-refractivity contribution in [3.05, 3.63) is 0 Å². The van der Waals surface area contributed by atoms with Gasteiger partial charge in [0.05, 0.1) is 0 Å². The molecule has 15 heavy (non-hydrogen) atoms. The lowest BCUT2D eigenvalue weighted by molar-refractivity contribution is -0.119. The number of piperidine rings is 1. The predicted molar refractivity (Wildman–Crippen MR) is 61.5 cm³/mol. The van der Waals surface area contributed by atoms with Gasteiger partial charge < -0.3 is 11.1 Å². The maximum Gasteiger partial charge on any atom is 0.216 e. The number of amides is 1. The fraction of sp³-hybridized carbons (Fsp3) is 0.909. The number of nitrogens with zero attached hydrogens (tertiary/aromatic N) is 1. The molecule has 1 aliphatic heterocycles. The minimum atomic E-state index is 0.0766. The van der Waals surface area contributed by atoms with Crippen LogP contribution < -0.4 is 11.1 Å². The number of nitrogens with one attached hydrogen (secondary N) is 1. The monoisotopic (exact) mass is 213 g/mol. The average Bonchev–Trinajstić information content (AvgIpc) is 2.26. The minimum Gasteiger partial charge on any atom is -0.356 e. The lowest BCUT2D eigenvalue weighted by Crippen LogP contribution is -2.45. The second kappa shape index (κ2) is 6.08. The molecular weight excluding hydrogens is 190 g/mol. The Balaban J connectivity index is 2.20. The molecule has 1 heterocycles. The van der Waals surface area contributed by atoms with Crippen molar-refractivity contribution >= 4 is 5.91 Å². The van der Waals surface area contributed by atoms with Crippen molar-refractivity contribution in [3.8, 4) is 0 Å². The molecular formula is C11H23N3O. The standard InChI is InChI=1S/C11H23N3O/c1-9(7-12)14-5-3-11(4-6-14)8-13-10(2)15/h9,11H,3-8,12H2,1-2H3,(H,13,15). The van der Waals surface area contributed by atoms with E-state index in [4.69, 9.17) is 5.73 Å². The van der Waals surface area contributed by atoms with Crippen molar-refractivity contribution in [2.75, 3.05) is 26.2 Å². The molecule has 1 fully saturated rings. The van der Waals surface area contributed by atoms with Crippen molar-refractivity contribution in [2.45, 2.75) is 32.7 Å².